The van der Waals surface area contributed by atoms with Gasteiger partial charge in [0.25, 0.3) is 0 Å². The van der Waals surface area contributed by atoms with E-state index in [4.69, 9.17) is 4.74 Å². The summed E-state index contributed by atoms with van der Waals surface area (Å²) in [5.74, 6) is 0.357. The van der Waals surface area contributed by atoms with E-state index < -0.39 is 6.10 Å². The molecule has 100 valence electrons. The number of benzene rings is 2. The average Bonchev–Trinajstić information content (AvgIpc) is 2.38. The van der Waals surface area contributed by atoms with Gasteiger partial charge in [0.05, 0.1) is 7.11 Å². The van der Waals surface area contributed by atoms with Gasteiger partial charge in [-0.2, -0.15) is 0 Å². The molecule has 0 saturated heterocycles. The molecule has 0 heterocycles. The van der Waals surface area contributed by atoms with Gasteiger partial charge in [0.15, 0.2) is 0 Å². The second-order valence-corrected chi connectivity index (χ2v) is 5.15. The van der Waals surface area contributed by atoms with Gasteiger partial charge in [0.2, 0.25) is 0 Å². The Morgan fingerprint density at radius 1 is 1.16 bits per heavy atom. The molecular weight excluding hydrogens is 311 g/mol. The number of ether oxygens (including phenoxy) is 1. The Hall–Kier alpha value is -1.39. The Kier molecular flexibility index (Phi) is 4.22. The molecular formula is C15H14BrFO2. The van der Waals surface area contributed by atoms with E-state index in [1.54, 1.807) is 32.2 Å². The van der Waals surface area contributed by atoms with Crippen molar-refractivity contribution in [3.8, 4) is 5.75 Å². The summed E-state index contributed by atoms with van der Waals surface area (Å²) in [5, 5.41) is 10.5. The van der Waals surface area contributed by atoms with Crippen LogP contribution in [0.4, 0.5) is 4.39 Å². The van der Waals surface area contributed by atoms with Gasteiger partial charge < -0.3 is 9.84 Å². The second kappa shape index (κ2) is 5.72. The van der Waals surface area contributed by atoms with Gasteiger partial charge >= 0.3 is 0 Å². The minimum absolute atomic E-state index is 0.307. The van der Waals surface area contributed by atoms with Gasteiger partial charge in [0, 0.05) is 10.0 Å². The van der Waals surface area contributed by atoms with Gasteiger partial charge in [-0.1, -0.05) is 22.0 Å². The van der Waals surface area contributed by atoms with Gasteiger partial charge in [-0.15, -0.1) is 0 Å². The Morgan fingerprint density at radius 2 is 1.89 bits per heavy atom. The first-order chi connectivity index (χ1) is 9.02. The van der Waals surface area contributed by atoms with Crippen LogP contribution in [0.1, 0.15) is 22.8 Å². The fraction of sp³-hybridized carbons (Fsp3) is 0.200. The standard InChI is InChI=1S/C15H14BrFO2/c1-9-7-10(17)3-5-12(9)15(18)13-8-11(19-2)4-6-14(13)16/h3-8,15,18H,1-2H3. The minimum atomic E-state index is -0.829. The smallest absolute Gasteiger partial charge is 0.123 e. The molecule has 2 aromatic rings. The summed E-state index contributed by atoms with van der Waals surface area (Å²) in [4.78, 5) is 0. The molecule has 0 amide bonds. The summed E-state index contributed by atoms with van der Waals surface area (Å²) in [7, 11) is 1.57. The van der Waals surface area contributed by atoms with E-state index in [1.165, 1.54) is 12.1 Å². The first kappa shape index (κ1) is 14.0. The summed E-state index contributed by atoms with van der Waals surface area (Å²) in [6, 6.07) is 9.74. The molecule has 4 heteroatoms. The molecule has 0 spiro atoms. The van der Waals surface area contributed by atoms with Crippen molar-refractivity contribution in [3.05, 3.63) is 63.4 Å². The minimum Gasteiger partial charge on any atom is -0.497 e. The summed E-state index contributed by atoms with van der Waals surface area (Å²) >= 11 is 3.41. The Balaban J connectivity index is 2.46. The van der Waals surface area contributed by atoms with Crippen LogP contribution in [-0.4, -0.2) is 12.2 Å². The molecule has 2 aromatic carbocycles. The van der Waals surface area contributed by atoms with Crippen LogP contribution in [0.5, 0.6) is 5.75 Å². The zero-order valence-electron chi connectivity index (χ0n) is 10.7. The van der Waals surface area contributed by atoms with Crippen LogP contribution < -0.4 is 4.74 Å². The Morgan fingerprint density at radius 3 is 2.53 bits per heavy atom. The van der Waals surface area contributed by atoms with Crippen LogP contribution >= 0.6 is 15.9 Å². The fourth-order valence-electron chi connectivity index (χ4n) is 1.97. The van der Waals surface area contributed by atoms with E-state index in [-0.39, 0.29) is 5.82 Å². The molecule has 0 aliphatic rings. The topological polar surface area (TPSA) is 29.5 Å². The highest BCUT2D eigenvalue weighted by Gasteiger charge is 2.17. The quantitative estimate of drug-likeness (QED) is 0.925. The first-order valence-corrected chi connectivity index (χ1v) is 6.59. The highest BCUT2D eigenvalue weighted by atomic mass is 79.9. The lowest BCUT2D eigenvalue weighted by Crippen LogP contribution is -2.03. The zero-order valence-corrected chi connectivity index (χ0v) is 12.2. The highest BCUT2D eigenvalue weighted by molar-refractivity contribution is 9.10. The Bertz CT molecular complexity index is 599. The lowest BCUT2D eigenvalue weighted by atomic mass is 9.97. The molecule has 0 saturated carbocycles. The van der Waals surface area contributed by atoms with Crippen LogP contribution in [0.25, 0.3) is 0 Å². The van der Waals surface area contributed by atoms with Gasteiger partial charge in [-0.3, -0.25) is 0 Å². The van der Waals surface area contributed by atoms with Crippen molar-refractivity contribution in [2.45, 2.75) is 13.0 Å². The Labute approximate surface area is 120 Å². The van der Waals surface area contributed by atoms with Gasteiger partial charge in [-0.25, -0.2) is 4.39 Å². The summed E-state index contributed by atoms with van der Waals surface area (Å²) in [5.41, 5.74) is 2.08. The number of aliphatic hydroxyl groups is 1. The van der Waals surface area contributed by atoms with Crippen molar-refractivity contribution in [3.63, 3.8) is 0 Å². The third kappa shape index (κ3) is 2.96. The van der Waals surface area contributed by atoms with Crippen LogP contribution in [0.15, 0.2) is 40.9 Å². The van der Waals surface area contributed by atoms with Crippen molar-refractivity contribution in [1.29, 1.82) is 0 Å². The maximum Gasteiger partial charge on any atom is 0.123 e. The van der Waals surface area contributed by atoms with Crippen molar-refractivity contribution in [2.24, 2.45) is 0 Å². The van der Waals surface area contributed by atoms with Crippen LogP contribution in [0.3, 0.4) is 0 Å². The van der Waals surface area contributed by atoms with E-state index in [0.29, 0.717) is 22.4 Å². The number of halogens is 2. The number of rotatable bonds is 3. The largest absolute Gasteiger partial charge is 0.497 e. The zero-order chi connectivity index (χ0) is 14.0. The molecule has 0 radical (unpaired) electrons. The number of aryl methyl sites for hydroxylation is 1. The molecule has 2 nitrogen and oxygen atoms in total. The third-order valence-electron chi connectivity index (χ3n) is 3.02. The molecule has 0 aliphatic heterocycles. The molecule has 19 heavy (non-hydrogen) atoms. The lowest BCUT2D eigenvalue weighted by molar-refractivity contribution is 0.218. The monoisotopic (exact) mass is 324 g/mol. The van der Waals surface area contributed by atoms with Crippen molar-refractivity contribution in [2.75, 3.05) is 7.11 Å². The molecule has 1 unspecified atom stereocenters. The molecule has 0 aliphatic carbocycles. The number of aliphatic hydroxyl groups excluding tert-OH is 1. The fourth-order valence-corrected chi connectivity index (χ4v) is 2.44. The number of methoxy groups -OCH3 is 1. The summed E-state index contributed by atoms with van der Waals surface area (Å²) < 4.78 is 19.0. The molecule has 0 fully saturated rings. The first-order valence-electron chi connectivity index (χ1n) is 5.80. The summed E-state index contributed by atoms with van der Waals surface area (Å²) in [6.45, 7) is 1.77. The van der Waals surface area contributed by atoms with E-state index >= 15 is 0 Å². The van der Waals surface area contributed by atoms with Crippen molar-refractivity contribution < 1.29 is 14.2 Å². The van der Waals surface area contributed by atoms with Gasteiger partial charge in [-0.05, 0) is 48.4 Å². The third-order valence-corrected chi connectivity index (χ3v) is 3.75. The van der Waals surface area contributed by atoms with E-state index in [2.05, 4.69) is 15.9 Å². The van der Waals surface area contributed by atoms with E-state index in [1.807, 2.05) is 6.07 Å². The molecule has 0 bridgehead atoms. The van der Waals surface area contributed by atoms with E-state index in [0.717, 1.165) is 4.47 Å². The predicted molar refractivity (Wildman–Crippen MR) is 75.9 cm³/mol. The number of hydrogen-bond acceptors (Lipinski definition) is 2. The predicted octanol–water partition coefficient (Wildman–Crippen LogP) is 3.99. The maximum absolute atomic E-state index is 13.1. The lowest BCUT2D eigenvalue weighted by Gasteiger charge is -2.16. The second-order valence-electron chi connectivity index (χ2n) is 4.29. The van der Waals surface area contributed by atoms with Crippen LogP contribution in [0.2, 0.25) is 0 Å². The van der Waals surface area contributed by atoms with Crippen molar-refractivity contribution >= 4 is 15.9 Å². The SMILES string of the molecule is COc1ccc(Br)c(C(O)c2ccc(F)cc2C)c1. The van der Waals surface area contributed by atoms with Crippen LogP contribution in [0, 0.1) is 12.7 Å². The average molecular weight is 325 g/mol. The summed E-state index contributed by atoms with van der Waals surface area (Å²) in [6.07, 6.45) is -0.829. The highest BCUT2D eigenvalue weighted by Crippen LogP contribution is 2.33. The molecule has 2 rings (SSSR count). The molecule has 0 aromatic heterocycles. The molecule has 1 N–H and O–H groups in total. The molecule has 1 atom stereocenters. The van der Waals surface area contributed by atoms with Crippen LogP contribution in [-0.2, 0) is 0 Å². The normalized spacial score (nSPS) is 12.3. The maximum atomic E-state index is 13.1. The number of hydrogen-bond donors (Lipinski definition) is 1. The van der Waals surface area contributed by atoms with Crippen molar-refractivity contribution in [1.82, 2.24) is 0 Å². The van der Waals surface area contributed by atoms with Gasteiger partial charge in [0.1, 0.15) is 17.7 Å². The van der Waals surface area contributed by atoms with E-state index in [9.17, 15) is 9.50 Å².